The van der Waals surface area contributed by atoms with Crippen LogP contribution in [0.4, 0.5) is 21.0 Å². The molecule has 4 aliphatic rings. The Labute approximate surface area is 191 Å². The zero-order valence-electron chi connectivity index (χ0n) is 18.1. The van der Waals surface area contributed by atoms with E-state index in [-0.39, 0.29) is 12.1 Å². The molecule has 0 spiro atoms. The van der Waals surface area contributed by atoms with Crippen molar-refractivity contribution < 1.29 is 9.59 Å². The minimum Gasteiger partial charge on any atom is -0.307 e. The Kier molecular flexibility index (Phi) is 4.86. The van der Waals surface area contributed by atoms with Gasteiger partial charge in [-0.15, -0.1) is 0 Å². The van der Waals surface area contributed by atoms with Crippen molar-refractivity contribution in [2.45, 2.75) is 19.3 Å². The van der Waals surface area contributed by atoms with Crippen LogP contribution in [0.5, 0.6) is 0 Å². The summed E-state index contributed by atoms with van der Waals surface area (Å²) in [5.41, 5.74) is 9.00. The van der Waals surface area contributed by atoms with Gasteiger partial charge in [-0.25, -0.2) is 20.4 Å². The SMILES string of the molecule is O=C(NN=C1CC2C3CC(=NNC(=O)Nc4ccccc4)C4C3CC2C14)Nc1ccccc1. The first-order valence-corrected chi connectivity index (χ1v) is 11.5. The Morgan fingerprint density at radius 1 is 0.636 bits per heavy atom. The maximum atomic E-state index is 12.3. The van der Waals surface area contributed by atoms with E-state index in [1.807, 2.05) is 60.7 Å². The molecule has 4 saturated carbocycles. The summed E-state index contributed by atoms with van der Waals surface area (Å²) in [5.74, 6) is 3.09. The lowest BCUT2D eigenvalue weighted by Crippen LogP contribution is -2.31. The van der Waals surface area contributed by atoms with E-state index in [0.29, 0.717) is 35.5 Å². The van der Waals surface area contributed by atoms with Crippen LogP contribution < -0.4 is 21.5 Å². The molecule has 33 heavy (non-hydrogen) atoms. The quantitative estimate of drug-likeness (QED) is 0.531. The van der Waals surface area contributed by atoms with Crippen LogP contribution in [-0.4, -0.2) is 23.5 Å². The molecule has 2 aromatic carbocycles. The third kappa shape index (κ3) is 3.55. The number of anilines is 2. The number of carbonyl (C=O) groups excluding carboxylic acids is 2. The van der Waals surface area contributed by atoms with Crippen molar-refractivity contribution in [2.75, 3.05) is 10.6 Å². The van der Waals surface area contributed by atoms with Crippen molar-refractivity contribution in [2.24, 2.45) is 45.7 Å². The zero-order valence-corrected chi connectivity index (χ0v) is 18.1. The maximum Gasteiger partial charge on any atom is 0.339 e. The third-order valence-electron chi connectivity index (χ3n) is 7.83. The molecule has 2 aromatic rings. The second-order valence-electron chi connectivity index (χ2n) is 9.42. The molecule has 0 aromatic heterocycles. The molecule has 6 unspecified atom stereocenters. The van der Waals surface area contributed by atoms with Crippen LogP contribution in [0, 0.1) is 35.5 Å². The minimum absolute atomic E-state index is 0.313. The first kappa shape index (κ1) is 20.0. The molecule has 2 bridgehead atoms. The summed E-state index contributed by atoms with van der Waals surface area (Å²) in [6.07, 6.45) is 3.11. The van der Waals surface area contributed by atoms with Gasteiger partial charge in [0.2, 0.25) is 0 Å². The van der Waals surface area contributed by atoms with Crippen molar-refractivity contribution >= 4 is 34.9 Å². The highest BCUT2D eigenvalue weighted by Crippen LogP contribution is 2.68. The number of carbonyl (C=O) groups is 2. The second-order valence-corrected chi connectivity index (χ2v) is 9.42. The summed E-state index contributed by atoms with van der Waals surface area (Å²) in [4.78, 5) is 24.6. The minimum atomic E-state index is -0.333. The van der Waals surface area contributed by atoms with Crippen LogP contribution in [0.3, 0.4) is 0 Å². The molecular formula is C25H26N6O2. The van der Waals surface area contributed by atoms with Gasteiger partial charge in [0.05, 0.1) is 0 Å². The number of para-hydroxylation sites is 2. The molecule has 8 heteroatoms. The van der Waals surface area contributed by atoms with Crippen molar-refractivity contribution in [1.82, 2.24) is 10.9 Å². The van der Waals surface area contributed by atoms with Gasteiger partial charge in [0, 0.05) is 34.6 Å². The highest BCUT2D eigenvalue weighted by molar-refractivity contribution is 6.02. The molecule has 4 N–H and O–H groups in total. The van der Waals surface area contributed by atoms with E-state index in [1.54, 1.807) is 0 Å². The third-order valence-corrected chi connectivity index (χ3v) is 7.83. The predicted octanol–water partition coefficient (Wildman–Crippen LogP) is 4.26. The molecule has 6 rings (SSSR count). The fraction of sp³-hybridized carbons (Fsp3) is 0.360. The average Bonchev–Trinajstić information content (AvgIpc) is 3.49. The fourth-order valence-electron chi connectivity index (χ4n) is 6.77. The average molecular weight is 443 g/mol. The number of hydrazone groups is 2. The smallest absolute Gasteiger partial charge is 0.307 e. The molecule has 0 saturated heterocycles. The van der Waals surface area contributed by atoms with Crippen LogP contribution in [0.1, 0.15) is 19.3 Å². The summed E-state index contributed by atoms with van der Waals surface area (Å²) in [7, 11) is 0. The number of nitrogens with one attached hydrogen (secondary N) is 4. The summed E-state index contributed by atoms with van der Waals surface area (Å²) in [6, 6.07) is 18.0. The first-order chi connectivity index (χ1) is 16.2. The van der Waals surface area contributed by atoms with E-state index >= 15 is 0 Å². The number of nitrogens with zero attached hydrogens (tertiary/aromatic N) is 2. The van der Waals surface area contributed by atoms with E-state index in [1.165, 1.54) is 6.42 Å². The van der Waals surface area contributed by atoms with Gasteiger partial charge >= 0.3 is 12.1 Å². The largest absolute Gasteiger partial charge is 0.339 e. The Hall–Kier alpha value is -3.68. The fourth-order valence-corrected chi connectivity index (χ4v) is 6.77. The molecule has 0 radical (unpaired) electrons. The van der Waals surface area contributed by atoms with Gasteiger partial charge in [-0.2, -0.15) is 10.2 Å². The number of hydrogen-bond acceptors (Lipinski definition) is 4. The topological polar surface area (TPSA) is 107 Å². The molecular weight excluding hydrogens is 416 g/mol. The number of rotatable bonds is 4. The van der Waals surface area contributed by atoms with Crippen LogP contribution in [0.2, 0.25) is 0 Å². The maximum absolute atomic E-state index is 12.3. The molecule has 6 atom stereocenters. The predicted molar refractivity (Wildman–Crippen MR) is 127 cm³/mol. The molecule has 4 amide bonds. The van der Waals surface area contributed by atoms with Gasteiger partial charge in [-0.05, 0) is 67.2 Å². The molecule has 0 heterocycles. The summed E-state index contributed by atoms with van der Waals surface area (Å²) < 4.78 is 0. The lowest BCUT2D eigenvalue weighted by Gasteiger charge is -2.24. The van der Waals surface area contributed by atoms with E-state index in [2.05, 4.69) is 31.7 Å². The normalized spacial score (nSPS) is 32.8. The number of amides is 4. The van der Waals surface area contributed by atoms with Crippen LogP contribution in [-0.2, 0) is 0 Å². The molecule has 0 aliphatic heterocycles. The highest BCUT2D eigenvalue weighted by atomic mass is 16.2. The number of fused-ring (bicyclic) bond motifs is 2. The molecule has 4 aliphatic carbocycles. The van der Waals surface area contributed by atoms with Crippen LogP contribution in [0.15, 0.2) is 70.9 Å². The van der Waals surface area contributed by atoms with E-state index in [4.69, 9.17) is 0 Å². The van der Waals surface area contributed by atoms with Gasteiger partial charge in [-0.1, -0.05) is 36.4 Å². The van der Waals surface area contributed by atoms with Gasteiger partial charge < -0.3 is 10.6 Å². The first-order valence-electron chi connectivity index (χ1n) is 11.5. The standard InChI is InChI=1S/C25H26N6O2/c32-24(26-14-7-3-1-4-8-14)30-28-20-12-16-17-13-21(23-19(17)11-18(16)22(20)23)29-31-25(33)27-15-9-5-2-6-10-15/h1-10,16-19,22-23H,11-13H2,(H2,26,30,32)(H2,27,31,33). The van der Waals surface area contributed by atoms with Gasteiger partial charge in [0.25, 0.3) is 0 Å². The number of benzene rings is 2. The van der Waals surface area contributed by atoms with Crippen molar-refractivity contribution in [3.8, 4) is 0 Å². The van der Waals surface area contributed by atoms with Crippen LogP contribution in [0.25, 0.3) is 0 Å². The Morgan fingerprint density at radius 3 is 1.48 bits per heavy atom. The van der Waals surface area contributed by atoms with Gasteiger partial charge in [0.1, 0.15) is 0 Å². The second kappa shape index (κ2) is 8.03. The Balaban J connectivity index is 1.13. The Morgan fingerprint density at radius 2 is 1.06 bits per heavy atom. The van der Waals surface area contributed by atoms with Crippen LogP contribution >= 0.6 is 0 Å². The summed E-state index contributed by atoms with van der Waals surface area (Å²) in [5, 5.41) is 14.7. The van der Waals surface area contributed by atoms with Gasteiger partial charge in [0.15, 0.2) is 0 Å². The van der Waals surface area contributed by atoms with Crippen molar-refractivity contribution in [3.05, 3.63) is 60.7 Å². The molecule has 4 fully saturated rings. The number of urea groups is 2. The van der Waals surface area contributed by atoms with E-state index < -0.39 is 0 Å². The Bertz CT molecular complexity index is 1040. The van der Waals surface area contributed by atoms with E-state index in [9.17, 15) is 9.59 Å². The molecule has 8 nitrogen and oxygen atoms in total. The monoisotopic (exact) mass is 442 g/mol. The van der Waals surface area contributed by atoms with E-state index in [0.717, 1.165) is 35.6 Å². The highest BCUT2D eigenvalue weighted by Gasteiger charge is 2.67. The summed E-state index contributed by atoms with van der Waals surface area (Å²) in [6.45, 7) is 0. The van der Waals surface area contributed by atoms with Gasteiger partial charge in [-0.3, -0.25) is 0 Å². The lowest BCUT2D eigenvalue weighted by atomic mass is 9.79. The number of hydrogen-bond donors (Lipinski definition) is 4. The lowest BCUT2D eigenvalue weighted by molar-refractivity contribution is 0.241. The van der Waals surface area contributed by atoms with Crippen molar-refractivity contribution in [1.29, 1.82) is 0 Å². The van der Waals surface area contributed by atoms with Crippen molar-refractivity contribution in [3.63, 3.8) is 0 Å². The molecule has 168 valence electrons. The summed E-state index contributed by atoms with van der Waals surface area (Å²) >= 11 is 0. The zero-order chi connectivity index (χ0) is 22.4.